The van der Waals surface area contributed by atoms with Gasteiger partial charge >= 0.3 is 6.03 Å². The molecular formula is C38H41N9O4. The van der Waals surface area contributed by atoms with Crippen molar-refractivity contribution in [2.45, 2.75) is 13.0 Å². The van der Waals surface area contributed by atoms with Gasteiger partial charge in [-0.3, -0.25) is 19.8 Å². The Morgan fingerprint density at radius 1 is 1.06 bits per heavy atom. The minimum Gasteiger partial charge on any atom is -0.494 e. The van der Waals surface area contributed by atoms with Crippen LogP contribution in [-0.4, -0.2) is 78.1 Å². The molecule has 4 amide bonds. The number of anilines is 5. The highest BCUT2D eigenvalue weighted by Crippen LogP contribution is 2.38. The molecule has 0 radical (unpaired) electrons. The number of nitrogens with zero attached hydrogens (tertiary/aromatic N) is 6. The Labute approximate surface area is 296 Å². The number of amides is 4. The summed E-state index contributed by atoms with van der Waals surface area (Å²) in [5, 5.41) is 9.69. The number of hydrogen-bond donors (Lipinski definition) is 3. The fourth-order valence-corrected chi connectivity index (χ4v) is 6.09. The summed E-state index contributed by atoms with van der Waals surface area (Å²) in [5.41, 5.74) is 6.61. The number of imide groups is 1. The fourth-order valence-electron chi connectivity index (χ4n) is 6.09. The van der Waals surface area contributed by atoms with E-state index in [0.29, 0.717) is 49.3 Å². The molecule has 0 atom stereocenters. The van der Waals surface area contributed by atoms with Crippen LogP contribution < -0.4 is 30.5 Å². The smallest absolute Gasteiger partial charge is 0.328 e. The van der Waals surface area contributed by atoms with Gasteiger partial charge in [0.25, 0.3) is 0 Å². The van der Waals surface area contributed by atoms with E-state index in [2.05, 4.69) is 60.2 Å². The van der Waals surface area contributed by atoms with Crippen molar-refractivity contribution in [3.05, 3.63) is 97.3 Å². The van der Waals surface area contributed by atoms with Crippen molar-refractivity contribution in [2.24, 2.45) is 7.05 Å². The van der Waals surface area contributed by atoms with Crippen molar-refractivity contribution in [3.8, 4) is 17.0 Å². The van der Waals surface area contributed by atoms with Crippen molar-refractivity contribution in [1.82, 2.24) is 24.8 Å². The fraction of sp³-hybridized carbons (Fsp3) is 0.237. The number of aryl methyl sites for hydroxylation is 1. The van der Waals surface area contributed by atoms with Gasteiger partial charge in [0, 0.05) is 87.3 Å². The molecule has 0 spiro atoms. The second kappa shape index (κ2) is 15.1. The number of methoxy groups -OCH3 is 1. The SMILES string of the molecule is C=CC(=O)Nc1cc(Nc2nccc(-c3cn(C)c4ccccc34)n2)c(OC)cc1N(C)CCN(C)Cc1ccc(N2CCC(=O)NC2=O)cc1. The summed E-state index contributed by atoms with van der Waals surface area (Å²) in [6.07, 6.45) is 5.28. The van der Waals surface area contributed by atoms with Crippen molar-refractivity contribution in [3.63, 3.8) is 0 Å². The molecular weight excluding hydrogens is 646 g/mol. The summed E-state index contributed by atoms with van der Waals surface area (Å²) in [6, 6.07) is 21.1. The number of carbonyl (C=O) groups is 3. The van der Waals surface area contributed by atoms with Gasteiger partial charge < -0.3 is 29.7 Å². The van der Waals surface area contributed by atoms with Gasteiger partial charge in [0.1, 0.15) is 5.75 Å². The lowest BCUT2D eigenvalue weighted by atomic mass is 10.1. The van der Waals surface area contributed by atoms with Crippen LogP contribution in [0.25, 0.3) is 22.2 Å². The molecule has 2 aromatic heterocycles. The van der Waals surface area contributed by atoms with E-state index in [-0.39, 0.29) is 18.2 Å². The van der Waals surface area contributed by atoms with E-state index in [0.717, 1.165) is 39.1 Å². The normalized spacial score (nSPS) is 12.9. The number of para-hydroxylation sites is 1. The van der Waals surface area contributed by atoms with E-state index in [1.165, 1.54) is 6.08 Å². The molecule has 262 valence electrons. The third kappa shape index (κ3) is 7.84. The van der Waals surface area contributed by atoms with Gasteiger partial charge in [-0.25, -0.2) is 14.8 Å². The third-order valence-corrected chi connectivity index (χ3v) is 8.82. The molecule has 0 bridgehead atoms. The molecule has 1 aliphatic heterocycles. The van der Waals surface area contributed by atoms with Crippen molar-refractivity contribution in [1.29, 1.82) is 0 Å². The first kappa shape index (κ1) is 34.6. The van der Waals surface area contributed by atoms with Crippen molar-refractivity contribution < 1.29 is 19.1 Å². The Morgan fingerprint density at radius 3 is 2.59 bits per heavy atom. The molecule has 0 unspecified atom stereocenters. The van der Waals surface area contributed by atoms with E-state index in [1.807, 2.05) is 75.7 Å². The predicted molar refractivity (Wildman–Crippen MR) is 201 cm³/mol. The van der Waals surface area contributed by atoms with Crippen LogP contribution in [0.15, 0.2) is 91.8 Å². The molecule has 0 saturated carbocycles. The summed E-state index contributed by atoms with van der Waals surface area (Å²) >= 11 is 0. The van der Waals surface area contributed by atoms with Gasteiger partial charge in [0.05, 0.1) is 29.9 Å². The Bertz CT molecular complexity index is 2090. The monoisotopic (exact) mass is 687 g/mol. The molecule has 1 saturated heterocycles. The second-order valence-electron chi connectivity index (χ2n) is 12.4. The van der Waals surface area contributed by atoms with Crippen LogP contribution in [0.5, 0.6) is 5.75 Å². The van der Waals surface area contributed by atoms with E-state index >= 15 is 0 Å². The highest BCUT2D eigenvalue weighted by Gasteiger charge is 2.24. The minimum absolute atomic E-state index is 0.255. The van der Waals surface area contributed by atoms with Gasteiger partial charge in [-0.15, -0.1) is 0 Å². The number of likely N-dealkylation sites (N-methyl/N-ethyl adjacent to an activating group) is 2. The zero-order chi connectivity index (χ0) is 36.1. The Kier molecular flexibility index (Phi) is 10.3. The molecule has 51 heavy (non-hydrogen) atoms. The summed E-state index contributed by atoms with van der Waals surface area (Å²) in [5.74, 6) is 0.330. The number of carbonyl (C=O) groups excluding carboxylic acids is 3. The molecule has 13 nitrogen and oxygen atoms in total. The van der Waals surface area contributed by atoms with E-state index in [9.17, 15) is 14.4 Å². The van der Waals surface area contributed by atoms with E-state index in [4.69, 9.17) is 9.72 Å². The summed E-state index contributed by atoms with van der Waals surface area (Å²) in [4.78, 5) is 51.3. The summed E-state index contributed by atoms with van der Waals surface area (Å²) < 4.78 is 7.88. The number of aromatic nitrogens is 3. The lowest BCUT2D eigenvalue weighted by molar-refractivity contribution is -0.120. The molecule has 3 aromatic carbocycles. The van der Waals surface area contributed by atoms with Crippen LogP contribution in [-0.2, 0) is 23.2 Å². The lowest BCUT2D eigenvalue weighted by Crippen LogP contribution is -2.49. The lowest BCUT2D eigenvalue weighted by Gasteiger charge is -2.27. The average molecular weight is 688 g/mol. The van der Waals surface area contributed by atoms with E-state index in [1.54, 1.807) is 18.2 Å². The molecule has 3 heterocycles. The molecule has 6 rings (SSSR count). The van der Waals surface area contributed by atoms with Crippen LogP contribution >= 0.6 is 0 Å². The highest BCUT2D eigenvalue weighted by molar-refractivity contribution is 6.05. The van der Waals surface area contributed by atoms with Crippen LogP contribution in [0.1, 0.15) is 12.0 Å². The van der Waals surface area contributed by atoms with Crippen molar-refractivity contribution in [2.75, 3.05) is 61.3 Å². The quantitative estimate of drug-likeness (QED) is 0.137. The summed E-state index contributed by atoms with van der Waals surface area (Å²) in [6.45, 7) is 6.02. The zero-order valence-electron chi connectivity index (χ0n) is 29.1. The number of hydrogen-bond acceptors (Lipinski definition) is 9. The standard InChI is InChI=1S/C38H41N9O4/c1-6-35(48)40-30-21-31(42-37-39-17-15-29(41-37)28-24-46(4)32-10-8-7-9-27(28)32)34(51-5)22-33(30)45(3)20-19-44(2)23-25-11-13-26(14-12-25)47-18-16-36(49)43-38(47)50/h6-15,17,21-22,24H,1,16,18-20,23H2,2-5H3,(H,40,48)(H,39,41,42)(H,43,49,50). The zero-order valence-corrected chi connectivity index (χ0v) is 29.1. The van der Waals surface area contributed by atoms with Crippen LogP contribution in [0, 0.1) is 0 Å². The van der Waals surface area contributed by atoms with Gasteiger partial charge in [-0.2, -0.15) is 0 Å². The molecule has 1 aliphatic rings. The summed E-state index contributed by atoms with van der Waals surface area (Å²) in [7, 11) is 7.59. The molecule has 3 N–H and O–H groups in total. The van der Waals surface area contributed by atoms with Crippen LogP contribution in [0.2, 0.25) is 0 Å². The minimum atomic E-state index is -0.400. The maximum atomic E-state index is 12.5. The molecule has 13 heteroatoms. The third-order valence-electron chi connectivity index (χ3n) is 8.82. The number of fused-ring (bicyclic) bond motifs is 1. The maximum absolute atomic E-state index is 12.5. The number of rotatable bonds is 13. The number of nitrogens with one attached hydrogen (secondary N) is 3. The average Bonchev–Trinajstić information content (AvgIpc) is 3.47. The van der Waals surface area contributed by atoms with Gasteiger partial charge in [-0.1, -0.05) is 36.9 Å². The second-order valence-corrected chi connectivity index (χ2v) is 12.4. The van der Waals surface area contributed by atoms with Gasteiger partial charge in [0.15, 0.2) is 0 Å². The maximum Gasteiger partial charge on any atom is 0.328 e. The van der Waals surface area contributed by atoms with Gasteiger partial charge in [0.2, 0.25) is 17.8 Å². The first-order chi connectivity index (χ1) is 24.6. The number of benzene rings is 3. The van der Waals surface area contributed by atoms with Crippen LogP contribution in [0.4, 0.5) is 33.5 Å². The first-order valence-electron chi connectivity index (χ1n) is 16.5. The predicted octanol–water partition coefficient (Wildman–Crippen LogP) is 5.53. The number of ether oxygens (including phenoxy) is 1. The van der Waals surface area contributed by atoms with Crippen LogP contribution in [0.3, 0.4) is 0 Å². The first-order valence-corrected chi connectivity index (χ1v) is 16.5. The molecule has 1 fully saturated rings. The van der Waals surface area contributed by atoms with Gasteiger partial charge in [-0.05, 0) is 49.0 Å². The van der Waals surface area contributed by atoms with Crippen molar-refractivity contribution >= 4 is 57.4 Å². The largest absolute Gasteiger partial charge is 0.494 e. The molecule has 5 aromatic rings. The molecule has 0 aliphatic carbocycles. The highest BCUT2D eigenvalue weighted by atomic mass is 16.5. The topological polar surface area (TPSA) is 137 Å². The Morgan fingerprint density at radius 2 is 1.84 bits per heavy atom. The Balaban J connectivity index is 1.16. The number of urea groups is 1. The van der Waals surface area contributed by atoms with E-state index < -0.39 is 6.03 Å². The Hall–Kier alpha value is -6.21.